The molecule has 326 valence electrons. The number of amides is 1. The molecule has 15 atom stereocenters. The first-order valence-electron chi connectivity index (χ1n) is 21.6. The maximum absolute atomic E-state index is 14.3. The van der Waals surface area contributed by atoms with Gasteiger partial charge in [0.15, 0.2) is 0 Å². The second-order valence-corrected chi connectivity index (χ2v) is 18.0. The molecule has 0 aromatic rings. The van der Waals surface area contributed by atoms with Crippen molar-refractivity contribution < 1.29 is 58.2 Å². The second-order valence-electron chi connectivity index (χ2n) is 18.0. The van der Waals surface area contributed by atoms with Gasteiger partial charge in [0, 0.05) is 52.0 Å². The number of aliphatic hydroxyl groups excluding tert-OH is 2. The van der Waals surface area contributed by atoms with Gasteiger partial charge in [0.1, 0.15) is 24.0 Å². The zero-order valence-corrected chi connectivity index (χ0v) is 36.0. The zero-order valence-electron chi connectivity index (χ0n) is 36.0. The summed E-state index contributed by atoms with van der Waals surface area (Å²) >= 11 is 0. The van der Waals surface area contributed by atoms with E-state index in [4.69, 9.17) is 23.7 Å². The number of Topliss-reactive ketones (excluding diaryl/α,β-unsaturated/α-hetero) is 2. The third kappa shape index (κ3) is 11.5. The fourth-order valence-electron chi connectivity index (χ4n) is 10.0. The predicted molar refractivity (Wildman–Crippen MR) is 213 cm³/mol. The first-order chi connectivity index (χ1) is 27.0. The van der Waals surface area contributed by atoms with Gasteiger partial charge in [0.2, 0.25) is 5.79 Å². The summed E-state index contributed by atoms with van der Waals surface area (Å²) in [6.45, 7) is 11.6. The molecule has 1 amide bonds. The summed E-state index contributed by atoms with van der Waals surface area (Å²) in [5.74, 6) is -6.92. The molecule has 15 unspecified atom stereocenters. The Labute approximate surface area is 340 Å². The number of methoxy groups -OCH3 is 3. The molecule has 3 N–H and O–H groups in total. The number of nitrogens with zero attached hydrogens (tertiary/aromatic N) is 1. The SMILES string of the molecule is CCCC1CC(C)CC(C)CC(OC)C2OC(O)(C(=O)C(=O)N3CCCCC3C(=O)OC(/C(C)=C/C3CCC(O)C(OC)C3)C(C)C(O)CC1=O)C(C)CC2OC. The van der Waals surface area contributed by atoms with Gasteiger partial charge in [-0.3, -0.25) is 14.4 Å². The lowest BCUT2D eigenvalue weighted by molar-refractivity contribution is -0.302. The highest BCUT2D eigenvalue weighted by Crippen LogP contribution is 2.39. The number of ketones is 2. The molecular weight excluding hydrogens is 734 g/mol. The number of hydrogen-bond acceptors (Lipinski definition) is 12. The van der Waals surface area contributed by atoms with Crippen LogP contribution in [-0.2, 0) is 42.9 Å². The first kappa shape index (κ1) is 47.4. The summed E-state index contributed by atoms with van der Waals surface area (Å²) in [6, 6.07) is -1.12. The molecule has 4 rings (SSSR count). The highest BCUT2D eigenvalue weighted by atomic mass is 16.7. The number of piperidine rings is 1. The number of cyclic esters (lactones) is 1. The van der Waals surface area contributed by atoms with Crippen LogP contribution in [0.1, 0.15) is 125 Å². The van der Waals surface area contributed by atoms with Crippen molar-refractivity contribution in [2.24, 2.45) is 35.5 Å². The Morgan fingerprint density at radius 2 is 1.49 bits per heavy atom. The van der Waals surface area contributed by atoms with E-state index < -0.39 is 77.9 Å². The third-order valence-electron chi connectivity index (χ3n) is 13.5. The number of esters is 1. The van der Waals surface area contributed by atoms with Gasteiger partial charge in [-0.05, 0) is 101 Å². The third-order valence-corrected chi connectivity index (χ3v) is 13.5. The van der Waals surface area contributed by atoms with Crippen LogP contribution < -0.4 is 0 Å². The monoisotopic (exact) mass is 808 g/mol. The van der Waals surface area contributed by atoms with Gasteiger partial charge in [0.25, 0.3) is 11.7 Å². The van der Waals surface area contributed by atoms with E-state index in [9.17, 15) is 34.5 Å². The number of carbonyl (C=O) groups is 4. The van der Waals surface area contributed by atoms with Crippen molar-refractivity contribution in [2.45, 2.75) is 180 Å². The van der Waals surface area contributed by atoms with E-state index in [0.29, 0.717) is 56.9 Å². The standard InChI is InChI=1S/C44H73NO12/c1-10-13-31-19-25(2)18-26(3)20-37(54-8)40-38(55-9)22-28(5)44(52,57-40)41(49)42(50)45-17-12-11-14-32(45)43(51)56-39(29(6)34(47)24-35(31)48)27(4)21-30-15-16-33(46)36(23-30)53-7/h21,25-26,28-34,36-40,46-47,52H,10-20,22-24H2,1-9H3/b27-21+. The Bertz CT molecular complexity index is 1390. The predicted octanol–water partition coefficient (Wildman–Crippen LogP) is 4.94. The molecular formula is C44H73NO12. The summed E-state index contributed by atoms with van der Waals surface area (Å²) in [5.41, 5.74) is 0.680. The maximum Gasteiger partial charge on any atom is 0.329 e. The molecule has 1 saturated carbocycles. The number of hydrogen-bond donors (Lipinski definition) is 3. The summed E-state index contributed by atoms with van der Waals surface area (Å²) in [5, 5.41) is 34.2. The van der Waals surface area contributed by atoms with Crippen molar-refractivity contribution >= 4 is 23.4 Å². The molecule has 13 heteroatoms. The van der Waals surface area contributed by atoms with Crippen molar-refractivity contribution in [2.75, 3.05) is 27.9 Å². The van der Waals surface area contributed by atoms with E-state index in [1.807, 2.05) is 19.9 Å². The molecule has 0 aromatic carbocycles. The first-order valence-corrected chi connectivity index (χ1v) is 21.6. The normalized spacial score (nSPS) is 41.5. The van der Waals surface area contributed by atoms with E-state index in [-0.39, 0.29) is 61.4 Å². The van der Waals surface area contributed by atoms with Crippen molar-refractivity contribution in [1.29, 1.82) is 0 Å². The van der Waals surface area contributed by atoms with Gasteiger partial charge >= 0.3 is 5.97 Å². The summed E-state index contributed by atoms with van der Waals surface area (Å²) in [7, 11) is 4.66. The summed E-state index contributed by atoms with van der Waals surface area (Å²) in [4.78, 5) is 58.0. The van der Waals surface area contributed by atoms with Crippen molar-refractivity contribution in [1.82, 2.24) is 4.90 Å². The molecule has 3 heterocycles. The van der Waals surface area contributed by atoms with Crippen LogP contribution in [0.3, 0.4) is 0 Å². The Morgan fingerprint density at radius 3 is 2.14 bits per heavy atom. The average molecular weight is 808 g/mol. The summed E-state index contributed by atoms with van der Waals surface area (Å²) in [6.07, 6.45) is 3.77. The molecule has 3 saturated heterocycles. The lowest BCUT2D eigenvalue weighted by Gasteiger charge is -2.47. The van der Waals surface area contributed by atoms with E-state index in [0.717, 1.165) is 12.8 Å². The van der Waals surface area contributed by atoms with Crippen LogP contribution in [0.15, 0.2) is 11.6 Å². The molecule has 2 bridgehead atoms. The molecule has 0 aromatic heterocycles. The highest BCUT2D eigenvalue weighted by Gasteiger charge is 2.56. The Hall–Kier alpha value is -2.26. The van der Waals surface area contributed by atoms with Crippen LogP contribution >= 0.6 is 0 Å². The smallest absolute Gasteiger partial charge is 0.329 e. The molecule has 3 aliphatic heterocycles. The Morgan fingerprint density at radius 1 is 0.842 bits per heavy atom. The van der Waals surface area contributed by atoms with Gasteiger partial charge in [-0.15, -0.1) is 0 Å². The second kappa shape index (κ2) is 21.3. The van der Waals surface area contributed by atoms with Crippen LogP contribution in [0.25, 0.3) is 0 Å². The number of carbonyl (C=O) groups excluding carboxylic acids is 4. The van der Waals surface area contributed by atoms with Gasteiger partial charge in [0.05, 0.1) is 30.5 Å². The molecule has 4 fully saturated rings. The van der Waals surface area contributed by atoms with Gasteiger partial charge < -0.3 is 43.9 Å². The number of rotatable bonds is 7. The quantitative estimate of drug-likeness (QED) is 0.180. The van der Waals surface area contributed by atoms with Crippen LogP contribution in [0.2, 0.25) is 0 Å². The minimum Gasteiger partial charge on any atom is -0.456 e. The molecule has 0 spiro atoms. The largest absolute Gasteiger partial charge is 0.456 e. The lowest BCUT2D eigenvalue weighted by Crippen LogP contribution is -2.64. The van der Waals surface area contributed by atoms with Crippen molar-refractivity contribution in [3.05, 3.63) is 11.6 Å². The molecule has 13 nitrogen and oxygen atoms in total. The maximum atomic E-state index is 14.3. The number of allylic oxidation sites excluding steroid dienone is 1. The number of aliphatic hydroxyl groups is 3. The van der Waals surface area contributed by atoms with E-state index in [2.05, 4.69) is 13.8 Å². The molecule has 4 aliphatic rings. The van der Waals surface area contributed by atoms with Crippen molar-refractivity contribution in [3.8, 4) is 0 Å². The minimum atomic E-state index is -2.49. The fourth-order valence-corrected chi connectivity index (χ4v) is 10.0. The van der Waals surface area contributed by atoms with E-state index in [1.165, 1.54) is 4.90 Å². The van der Waals surface area contributed by atoms with Crippen LogP contribution in [0.4, 0.5) is 0 Å². The van der Waals surface area contributed by atoms with Gasteiger partial charge in [-0.1, -0.05) is 47.1 Å². The minimum absolute atomic E-state index is 0.00817. The number of ether oxygens (including phenoxy) is 5. The van der Waals surface area contributed by atoms with Crippen LogP contribution in [0.5, 0.6) is 0 Å². The van der Waals surface area contributed by atoms with Crippen LogP contribution in [0, 0.1) is 35.5 Å². The van der Waals surface area contributed by atoms with Gasteiger partial charge in [-0.2, -0.15) is 0 Å². The average Bonchev–Trinajstić information content (AvgIpc) is 3.18. The topological polar surface area (TPSA) is 178 Å². The fraction of sp³-hybridized carbons (Fsp3) is 0.864. The van der Waals surface area contributed by atoms with Gasteiger partial charge in [-0.25, -0.2) is 4.79 Å². The highest BCUT2D eigenvalue weighted by molar-refractivity contribution is 6.39. The number of fused-ring (bicyclic) bond motifs is 3. The Kier molecular flexibility index (Phi) is 17.7. The van der Waals surface area contributed by atoms with E-state index >= 15 is 0 Å². The Balaban J connectivity index is 1.75. The molecule has 1 aliphatic carbocycles. The lowest BCUT2D eigenvalue weighted by atomic mass is 9.79. The molecule has 0 radical (unpaired) electrons. The van der Waals surface area contributed by atoms with Crippen LogP contribution in [-0.4, -0.2) is 126 Å². The zero-order chi connectivity index (χ0) is 42.2. The molecule has 57 heavy (non-hydrogen) atoms. The summed E-state index contributed by atoms with van der Waals surface area (Å²) < 4.78 is 29.9. The van der Waals surface area contributed by atoms with Crippen molar-refractivity contribution in [3.63, 3.8) is 0 Å². The van der Waals surface area contributed by atoms with E-state index in [1.54, 1.807) is 35.2 Å².